The molecule has 1 aromatic rings. The molecule has 4 heteroatoms. The smallest absolute Gasteiger partial charge is 0.201 e. The Kier molecular flexibility index (Phi) is 2.24. The molecule has 0 radical (unpaired) electrons. The van der Waals surface area contributed by atoms with Gasteiger partial charge in [-0.25, -0.2) is 8.78 Å². The SMILES string of the molecule is O[SH+]c1c(F)cccc1F. The number of hydrogen-bond donors (Lipinski definition) is 1. The number of thiol groups is 1. The van der Waals surface area contributed by atoms with Gasteiger partial charge in [0.25, 0.3) is 4.90 Å². The third-order valence-electron chi connectivity index (χ3n) is 1.04. The summed E-state index contributed by atoms with van der Waals surface area (Å²) in [5, 5.41) is 0. The van der Waals surface area contributed by atoms with Crippen molar-refractivity contribution >= 4 is 12.0 Å². The standard InChI is InChI=1S/C6H4F2OS/c7-4-2-1-3-5(8)6(4)10-9/h1-3,9H/p+1. The van der Waals surface area contributed by atoms with Gasteiger partial charge < -0.3 is 0 Å². The molecule has 0 saturated heterocycles. The molecule has 0 heterocycles. The average molecular weight is 163 g/mol. The number of rotatable bonds is 1. The Labute approximate surface area is 60.9 Å². The lowest BCUT2D eigenvalue weighted by atomic mass is 10.3. The fraction of sp³-hybridized carbons (Fsp3) is 0. The number of hydrogen-bond acceptors (Lipinski definition) is 1. The van der Waals surface area contributed by atoms with E-state index in [1.165, 1.54) is 6.07 Å². The van der Waals surface area contributed by atoms with E-state index < -0.39 is 11.6 Å². The highest BCUT2D eigenvalue weighted by Crippen LogP contribution is 2.12. The third kappa shape index (κ3) is 1.27. The van der Waals surface area contributed by atoms with E-state index >= 15 is 0 Å². The van der Waals surface area contributed by atoms with Crippen molar-refractivity contribution < 1.29 is 13.3 Å². The molecule has 0 aromatic heterocycles. The molecular weight excluding hydrogens is 158 g/mol. The third-order valence-corrected chi connectivity index (χ3v) is 1.66. The maximum Gasteiger partial charge on any atom is 0.258 e. The summed E-state index contributed by atoms with van der Waals surface area (Å²) in [4.78, 5) is -0.303. The first-order valence-electron chi connectivity index (χ1n) is 2.55. The van der Waals surface area contributed by atoms with Crippen LogP contribution in [0, 0.1) is 11.6 Å². The van der Waals surface area contributed by atoms with E-state index in [1.54, 1.807) is 0 Å². The zero-order chi connectivity index (χ0) is 7.56. The summed E-state index contributed by atoms with van der Waals surface area (Å²) in [6, 6.07) is 3.45. The summed E-state index contributed by atoms with van der Waals surface area (Å²) in [7, 11) is 0. The lowest BCUT2D eigenvalue weighted by molar-refractivity contribution is 0.530. The maximum absolute atomic E-state index is 12.4. The molecule has 10 heavy (non-hydrogen) atoms. The Balaban J connectivity index is 3.17. The molecule has 54 valence electrons. The molecule has 0 saturated carbocycles. The van der Waals surface area contributed by atoms with E-state index in [0.717, 1.165) is 12.1 Å². The molecule has 0 aliphatic carbocycles. The predicted molar refractivity (Wildman–Crippen MR) is 36.0 cm³/mol. The Morgan fingerprint density at radius 3 is 2.00 bits per heavy atom. The van der Waals surface area contributed by atoms with Crippen molar-refractivity contribution in [2.45, 2.75) is 4.90 Å². The second-order valence-corrected chi connectivity index (χ2v) is 2.32. The van der Waals surface area contributed by atoms with Crippen LogP contribution in [0.5, 0.6) is 0 Å². The Hall–Kier alpha value is -0.610. The fourth-order valence-electron chi connectivity index (χ4n) is 0.585. The van der Waals surface area contributed by atoms with Gasteiger partial charge >= 0.3 is 0 Å². The van der Waals surface area contributed by atoms with E-state index in [-0.39, 0.29) is 16.9 Å². The molecule has 1 N–H and O–H groups in total. The summed E-state index contributed by atoms with van der Waals surface area (Å²) in [5.74, 6) is -1.44. The van der Waals surface area contributed by atoms with Crippen LogP contribution in [0.2, 0.25) is 0 Å². The van der Waals surface area contributed by atoms with Crippen LogP contribution < -0.4 is 0 Å². The lowest BCUT2D eigenvalue weighted by Gasteiger charge is -1.89. The quantitative estimate of drug-likeness (QED) is 0.492. The van der Waals surface area contributed by atoms with Gasteiger partial charge in [0.15, 0.2) is 23.7 Å². The molecule has 0 unspecified atom stereocenters. The monoisotopic (exact) mass is 163 g/mol. The molecule has 0 aliphatic heterocycles. The Morgan fingerprint density at radius 1 is 1.20 bits per heavy atom. The van der Waals surface area contributed by atoms with E-state index in [2.05, 4.69) is 0 Å². The lowest BCUT2D eigenvalue weighted by Crippen LogP contribution is -1.91. The van der Waals surface area contributed by atoms with E-state index in [1.807, 2.05) is 0 Å². The fourth-order valence-corrected chi connectivity index (χ4v) is 0.925. The normalized spacial score (nSPS) is 9.90. The van der Waals surface area contributed by atoms with Crippen LogP contribution in [-0.4, -0.2) is 4.55 Å². The first-order chi connectivity index (χ1) is 4.75. The second kappa shape index (κ2) is 2.98. The Morgan fingerprint density at radius 2 is 1.70 bits per heavy atom. The summed E-state index contributed by atoms with van der Waals surface area (Å²) in [6.45, 7) is 0. The predicted octanol–water partition coefficient (Wildman–Crippen LogP) is 1.61. The average Bonchev–Trinajstić information content (AvgIpc) is 1.88. The van der Waals surface area contributed by atoms with Crippen LogP contribution in [0.4, 0.5) is 8.78 Å². The topological polar surface area (TPSA) is 20.2 Å². The van der Waals surface area contributed by atoms with Gasteiger partial charge in [0.1, 0.15) is 0 Å². The van der Waals surface area contributed by atoms with Gasteiger partial charge in [0.05, 0.1) is 0 Å². The molecule has 0 amide bonds. The van der Waals surface area contributed by atoms with Crippen LogP contribution in [0.15, 0.2) is 23.1 Å². The van der Waals surface area contributed by atoms with Gasteiger partial charge in [-0.1, -0.05) is 6.07 Å². The van der Waals surface area contributed by atoms with Crippen LogP contribution in [0.25, 0.3) is 0 Å². The van der Waals surface area contributed by atoms with Crippen molar-refractivity contribution in [2.75, 3.05) is 0 Å². The minimum Gasteiger partial charge on any atom is -0.201 e. The summed E-state index contributed by atoms with van der Waals surface area (Å²) in [6.07, 6.45) is 0. The van der Waals surface area contributed by atoms with Crippen LogP contribution >= 0.6 is 0 Å². The first-order valence-corrected chi connectivity index (χ1v) is 3.39. The minimum absolute atomic E-state index is 0.303. The molecular formula is C6H5F2OS+. The van der Waals surface area contributed by atoms with Crippen molar-refractivity contribution in [1.29, 1.82) is 0 Å². The van der Waals surface area contributed by atoms with Gasteiger partial charge in [-0.3, -0.25) is 0 Å². The van der Waals surface area contributed by atoms with Crippen molar-refractivity contribution in [1.82, 2.24) is 0 Å². The molecule has 0 atom stereocenters. The van der Waals surface area contributed by atoms with E-state index in [4.69, 9.17) is 4.55 Å². The van der Waals surface area contributed by atoms with Crippen molar-refractivity contribution in [3.8, 4) is 0 Å². The second-order valence-electron chi connectivity index (χ2n) is 1.67. The minimum atomic E-state index is -0.718. The molecule has 0 fully saturated rings. The molecule has 1 aromatic carbocycles. The highest BCUT2D eigenvalue weighted by molar-refractivity contribution is 7.72. The number of benzene rings is 1. The molecule has 0 aliphatic rings. The molecule has 0 spiro atoms. The highest BCUT2D eigenvalue weighted by Gasteiger charge is 2.14. The maximum atomic E-state index is 12.4. The Bertz CT molecular complexity index is 219. The zero-order valence-corrected chi connectivity index (χ0v) is 5.78. The van der Waals surface area contributed by atoms with Gasteiger partial charge in [0, 0.05) is 0 Å². The van der Waals surface area contributed by atoms with E-state index in [9.17, 15) is 8.78 Å². The van der Waals surface area contributed by atoms with E-state index in [0.29, 0.717) is 0 Å². The van der Waals surface area contributed by atoms with Crippen LogP contribution in [0.1, 0.15) is 0 Å². The highest BCUT2D eigenvalue weighted by atomic mass is 32.2. The van der Waals surface area contributed by atoms with Crippen LogP contribution in [-0.2, 0) is 12.0 Å². The molecule has 0 bridgehead atoms. The van der Waals surface area contributed by atoms with Crippen molar-refractivity contribution in [3.05, 3.63) is 29.8 Å². The zero-order valence-electron chi connectivity index (χ0n) is 4.88. The number of halogens is 2. The van der Waals surface area contributed by atoms with Gasteiger partial charge in [-0.2, -0.15) is 4.55 Å². The van der Waals surface area contributed by atoms with Crippen LogP contribution in [0.3, 0.4) is 0 Å². The van der Waals surface area contributed by atoms with Gasteiger partial charge in [-0.15, -0.1) is 0 Å². The van der Waals surface area contributed by atoms with Gasteiger partial charge in [-0.05, 0) is 12.1 Å². The first kappa shape index (κ1) is 7.50. The molecule has 1 nitrogen and oxygen atoms in total. The van der Waals surface area contributed by atoms with Gasteiger partial charge in [0.2, 0.25) is 0 Å². The molecule has 1 rings (SSSR count). The largest absolute Gasteiger partial charge is 0.258 e. The summed E-state index contributed by atoms with van der Waals surface area (Å²) in [5.41, 5.74) is 0. The summed E-state index contributed by atoms with van der Waals surface area (Å²) >= 11 is -0.375. The van der Waals surface area contributed by atoms with Crippen molar-refractivity contribution in [2.24, 2.45) is 0 Å². The van der Waals surface area contributed by atoms with Crippen molar-refractivity contribution in [3.63, 3.8) is 0 Å². The summed E-state index contributed by atoms with van der Waals surface area (Å²) < 4.78 is 33.3.